The molecule has 1 aromatic heterocycles. The molecule has 2 radical (unpaired) electrons. The van der Waals surface area contributed by atoms with Gasteiger partial charge in [-0.05, 0) is 35.9 Å². The summed E-state index contributed by atoms with van der Waals surface area (Å²) in [6, 6.07) is 14.1. The predicted octanol–water partition coefficient (Wildman–Crippen LogP) is -2.18. The van der Waals surface area contributed by atoms with Crippen molar-refractivity contribution in [2.75, 3.05) is 31.4 Å². The number of nitrogens with two attached hydrogens (primary N) is 1. The minimum absolute atomic E-state index is 0. The van der Waals surface area contributed by atoms with Crippen LogP contribution in [0.15, 0.2) is 53.1 Å². The molecule has 146 valence electrons. The Morgan fingerprint density at radius 3 is 2.39 bits per heavy atom. The molecule has 4 rings (SSSR count). The molecule has 0 saturated carbocycles. The zero-order valence-corrected chi connectivity index (χ0v) is 21.0. The van der Waals surface area contributed by atoms with Crippen LogP contribution in [0.4, 0.5) is 17.1 Å². The third-order valence-electron chi connectivity index (χ3n) is 4.60. The van der Waals surface area contributed by atoms with E-state index in [0.717, 1.165) is 32.3 Å². The number of benzene rings is 2. The summed E-state index contributed by atoms with van der Waals surface area (Å²) in [5, 5.41) is 4.39. The van der Waals surface area contributed by atoms with Gasteiger partial charge in [0.05, 0.1) is 36.3 Å². The maximum Gasteiger partial charge on any atom is 2.00 e. The topological polar surface area (TPSA) is 69.4 Å². The Morgan fingerprint density at radius 1 is 1.14 bits per heavy atom. The van der Waals surface area contributed by atoms with Gasteiger partial charge in [0.25, 0.3) is 0 Å². The number of nitrogens with one attached hydrogen (secondary N) is 1. The Hall–Kier alpha value is -0.771. The number of hydrogen-bond donors (Lipinski definition) is 2. The number of fused-ring (bicyclic) bond motifs is 1. The van der Waals surface area contributed by atoms with Gasteiger partial charge in [0, 0.05) is 22.7 Å². The van der Waals surface area contributed by atoms with Crippen molar-refractivity contribution in [2.45, 2.75) is 5.60 Å². The van der Waals surface area contributed by atoms with E-state index in [1.807, 2.05) is 30.3 Å². The minimum atomic E-state index is -0.314. The molecule has 3 aromatic rings. The van der Waals surface area contributed by atoms with Crippen LogP contribution >= 0.6 is 15.9 Å². The monoisotopic (exact) mass is 589 g/mol. The standard InChI is InChI=1S/C19H18BrN3O2.2ClH.Sn/c1-24-19(10-25-11-19)12-2-5-14(6-3-12)23-18-15-8-13(20)4-7-17(15)22-9-16(18)21;;;/h2-9H,10-11,21H2,1H3,(H,22,23);2*1H;/q;;;+2/p-2. The van der Waals surface area contributed by atoms with Crippen molar-refractivity contribution in [2.24, 2.45) is 0 Å². The van der Waals surface area contributed by atoms with E-state index < -0.39 is 0 Å². The number of methoxy groups -OCH3 is 1. The van der Waals surface area contributed by atoms with Gasteiger partial charge in [-0.1, -0.05) is 28.1 Å². The maximum absolute atomic E-state index is 6.16. The van der Waals surface area contributed by atoms with E-state index in [4.69, 9.17) is 15.2 Å². The van der Waals surface area contributed by atoms with Gasteiger partial charge < -0.3 is 45.3 Å². The van der Waals surface area contributed by atoms with Crippen LogP contribution in [0, 0.1) is 0 Å². The molecule has 5 nitrogen and oxygen atoms in total. The van der Waals surface area contributed by atoms with Crippen LogP contribution in [0.3, 0.4) is 0 Å². The van der Waals surface area contributed by atoms with Gasteiger partial charge >= 0.3 is 23.9 Å². The number of halogens is 3. The zero-order chi connectivity index (χ0) is 17.4. The van der Waals surface area contributed by atoms with Gasteiger partial charge in [-0.3, -0.25) is 4.98 Å². The molecule has 1 aliphatic heterocycles. The van der Waals surface area contributed by atoms with Crippen molar-refractivity contribution in [1.29, 1.82) is 0 Å². The summed E-state index contributed by atoms with van der Waals surface area (Å²) in [6.07, 6.45) is 1.68. The van der Waals surface area contributed by atoms with E-state index in [-0.39, 0.29) is 54.3 Å². The van der Waals surface area contributed by atoms with Gasteiger partial charge in [0.2, 0.25) is 0 Å². The summed E-state index contributed by atoms with van der Waals surface area (Å²) < 4.78 is 11.9. The molecule has 1 fully saturated rings. The maximum atomic E-state index is 6.16. The molecule has 0 amide bonds. The number of anilines is 3. The van der Waals surface area contributed by atoms with Crippen molar-refractivity contribution in [1.82, 2.24) is 4.98 Å². The Labute approximate surface area is 201 Å². The van der Waals surface area contributed by atoms with Crippen LogP contribution < -0.4 is 35.9 Å². The molecule has 0 bridgehead atoms. The van der Waals surface area contributed by atoms with Gasteiger partial charge in [-0.2, -0.15) is 0 Å². The van der Waals surface area contributed by atoms with Crippen LogP contribution in [0.2, 0.25) is 0 Å². The molecule has 0 atom stereocenters. The number of ether oxygens (including phenoxy) is 2. The Bertz CT molecular complexity index is 930. The summed E-state index contributed by atoms with van der Waals surface area (Å²) in [6.45, 7) is 1.18. The average Bonchev–Trinajstić information content (AvgIpc) is 2.58. The predicted molar refractivity (Wildman–Crippen MR) is 109 cm³/mol. The number of aromatic nitrogens is 1. The minimum Gasteiger partial charge on any atom is -1.00 e. The largest absolute Gasteiger partial charge is 2.00 e. The molecule has 0 aliphatic carbocycles. The van der Waals surface area contributed by atoms with Crippen molar-refractivity contribution >= 4 is 67.8 Å². The summed E-state index contributed by atoms with van der Waals surface area (Å²) in [4.78, 5) is 4.38. The summed E-state index contributed by atoms with van der Waals surface area (Å²) >= 11 is 3.51. The number of pyridine rings is 1. The van der Waals surface area contributed by atoms with E-state index in [2.05, 4.69) is 38.4 Å². The number of nitrogen functional groups attached to an aromatic ring is 1. The molecular weight excluding hydrogens is 572 g/mol. The fourth-order valence-electron chi connectivity index (χ4n) is 3.01. The first-order chi connectivity index (χ1) is 12.1. The molecule has 1 saturated heterocycles. The van der Waals surface area contributed by atoms with Crippen molar-refractivity contribution in [3.8, 4) is 0 Å². The van der Waals surface area contributed by atoms with Crippen LogP contribution in [0.5, 0.6) is 0 Å². The van der Waals surface area contributed by atoms with Crippen molar-refractivity contribution in [3.63, 3.8) is 0 Å². The first-order valence-electron chi connectivity index (χ1n) is 7.95. The van der Waals surface area contributed by atoms with E-state index >= 15 is 0 Å². The second-order valence-corrected chi connectivity index (χ2v) is 7.06. The average molecular weight is 590 g/mol. The van der Waals surface area contributed by atoms with Crippen LogP contribution in [0.25, 0.3) is 10.9 Å². The van der Waals surface area contributed by atoms with Gasteiger partial charge in [-0.25, -0.2) is 0 Å². The molecule has 28 heavy (non-hydrogen) atoms. The van der Waals surface area contributed by atoms with Crippen LogP contribution in [-0.2, 0) is 15.1 Å². The molecule has 1 aliphatic rings. The van der Waals surface area contributed by atoms with Crippen molar-refractivity contribution < 1.29 is 34.3 Å². The SMILES string of the molecule is COC1(c2ccc(Nc3c(N)cnc4ccc(Br)cc34)cc2)COC1.[Cl-].[Cl-].[Sn+2]. The molecule has 0 spiro atoms. The fourth-order valence-corrected chi connectivity index (χ4v) is 3.37. The number of rotatable bonds is 4. The summed E-state index contributed by atoms with van der Waals surface area (Å²) in [5.74, 6) is 0. The van der Waals surface area contributed by atoms with Gasteiger partial charge in [-0.15, -0.1) is 0 Å². The second kappa shape index (κ2) is 10.3. The van der Waals surface area contributed by atoms with Crippen LogP contribution in [-0.4, -0.2) is 49.2 Å². The third-order valence-corrected chi connectivity index (χ3v) is 5.09. The van der Waals surface area contributed by atoms with E-state index in [1.165, 1.54) is 0 Å². The summed E-state index contributed by atoms with van der Waals surface area (Å²) in [7, 11) is 1.72. The van der Waals surface area contributed by atoms with Gasteiger partial charge in [0.15, 0.2) is 0 Å². The second-order valence-electron chi connectivity index (χ2n) is 6.14. The quantitative estimate of drug-likeness (QED) is 0.339. The normalized spacial score (nSPS) is 14.1. The molecular formula is C19H18BrCl2N3O2Sn. The Kier molecular flexibility index (Phi) is 9.31. The molecule has 9 heteroatoms. The fraction of sp³-hybridized carbons (Fsp3) is 0.211. The van der Waals surface area contributed by atoms with Gasteiger partial charge in [0.1, 0.15) is 5.60 Å². The number of hydrogen-bond acceptors (Lipinski definition) is 5. The van der Waals surface area contributed by atoms with E-state index in [9.17, 15) is 0 Å². The Balaban J connectivity index is 0.00000131. The van der Waals surface area contributed by atoms with Crippen LogP contribution in [0.1, 0.15) is 5.56 Å². The van der Waals surface area contributed by atoms with E-state index in [1.54, 1.807) is 13.3 Å². The summed E-state index contributed by atoms with van der Waals surface area (Å²) in [5.41, 5.74) is 10.3. The molecule has 0 unspecified atom stereocenters. The third kappa shape index (κ3) is 4.68. The number of nitrogens with zero attached hydrogens (tertiary/aromatic N) is 1. The first-order valence-corrected chi connectivity index (χ1v) is 8.75. The van der Waals surface area contributed by atoms with E-state index in [0.29, 0.717) is 18.9 Å². The Morgan fingerprint density at radius 2 is 1.82 bits per heavy atom. The zero-order valence-electron chi connectivity index (χ0n) is 15.0. The first kappa shape index (κ1) is 25.3. The van der Waals surface area contributed by atoms with Crippen molar-refractivity contribution in [3.05, 3.63) is 58.7 Å². The molecule has 3 N–H and O–H groups in total. The molecule has 2 aromatic carbocycles. The smallest absolute Gasteiger partial charge is 1.00 e. The molecule has 2 heterocycles.